The molecule has 0 spiro atoms. The zero-order valence-electron chi connectivity index (χ0n) is 12.4. The van der Waals surface area contributed by atoms with Crippen LogP contribution < -0.4 is 9.64 Å². The van der Waals surface area contributed by atoms with Crippen LogP contribution in [-0.2, 0) is 6.18 Å². The minimum absolute atomic E-state index is 0.0860. The number of benzene rings is 1. The van der Waals surface area contributed by atoms with Gasteiger partial charge in [0.05, 0.1) is 41.4 Å². The predicted molar refractivity (Wildman–Crippen MR) is 77.9 cm³/mol. The molecule has 0 amide bonds. The molecule has 2 heterocycles. The second-order valence-corrected chi connectivity index (χ2v) is 5.18. The third-order valence-corrected chi connectivity index (χ3v) is 3.71. The van der Waals surface area contributed by atoms with Crippen LogP contribution in [0.15, 0.2) is 24.7 Å². The maximum atomic E-state index is 13.3. The van der Waals surface area contributed by atoms with Crippen molar-refractivity contribution in [1.29, 1.82) is 5.26 Å². The van der Waals surface area contributed by atoms with Gasteiger partial charge in [0.1, 0.15) is 12.2 Å². The summed E-state index contributed by atoms with van der Waals surface area (Å²) in [4.78, 5) is 18.0. The normalized spacial score (nSPS) is 15.0. The first-order chi connectivity index (χ1) is 11.8. The number of imidazole rings is 1. The van der Waals surface area contributed by atoms with Crippen molar-refractivity contribution in [3.8, 4) is 11.8 Å². The van der Waals surface area contributed by atoms with Crippen molar-refractivity contribution < 1.29 is 22.8 Å². The van der Waals surface area contributed by atoms with Crippen LogP contribution in [0.3, 0.4) is 0 Å². The molecule has 1 aliphatic heterocycles. The lowest BCUT2D eigenvalue weighted by Gasteiger charge is -2.34. The molecule has 0 radical (unpaired) electrons. The molecule has 3 rings (SSSR count). The molecule has 0 saturated carbocycles. The van der Waals surface area contributed by atoms with Crippen LogP contribution in [0.25, 0.3) is 0 Å². The van der Waals surface area contributed by atoms with Crippen LogP contribution >= 0.6 is 0 Å². The molecule has 11 heteroatoms. The zero-order valence-corrected chi connectivity index (χ0v) is 12.4. The summed E-state index contributed by atoms with van der Waals surface area (Å²) in [6, 6.07) is 2.38. The number of nitriles is 1. The van der Waals surface area contributed by atoms with Crippen molar-refractivity contribution in [2.24, 2.45) is 0 Å². The van der Waals surface area contributed by atoms with E-state index in [9.17, 15) is 28.5 Å². The minimum atomic E-state index is -4.84. The van der Waals surface area contributed by atoms with Gasteiger partial charge in [0.25, 0.3) is 5.69 Å². The van der Waals surface area contributed by atoms with Crippen molar-refractivity contribution in [3.05, 3.63) is 46.0 Å². The molecule has 0 bridgehead atoms. The van der Waals surface area contributed by atoms with Gasteiger partial charge in [-0.15, -0.1) is 0 Å². The minimum Gasteiger partial charge on any atom is -0.489 e. The fraction of sp³-hybridized carbons (Fsp3) is 0.286. The van der Waals surface area contributed by atoms with Crippen LogP contribution in [0.4, 0.5) is 24.5 Å². The average Bonchev–Trinajstić information content (AvgIpc) is 3.08. The maximum absolute atomic E-state index is 13.3. The Morgan fingerprint density at radius 3 is 2.80 bits per heavy atom. The second kappa shape index (κ2) is 5.97. The number of aromatic nitrogens is 2. The number of nitrogens with one attached hydrogen (secondary N) is 1. The molecule has 25 heavy (non-hydrogen) atoms. The van der Waals surface area contributed by atoms with E-state index in [1.807, 2.05) is 6.07 Å². The quantitative estimate of drug-likeness (QED) is 0.671. The van der Waals surface area contributed by atoms with Gasteiger partial charge in [-0.2, -0.15) is 18.4 Å². The Hall–Kier alpha value is -3.29. The molecule has 1 unspecified atom stereocenters. The van der Waals surface area contributed by atoms with E-state index in [0.29, 0.717) is 11.8 Å². The van der Waals surface area contributed by atoms with E-state index >= 15 is 0 Å². The standard InChI is InChI=1S/C14H10F3N5O3/c15-14(16,17)9-3-8(22(23)24)4-11-13(9)25-2-1-21(11)12(5-18)10-6-19-7-20-10/h3-4,6-7,12H,1-2H2,(H,19,20). The lowest BCUT2D eigenvalue weighted by Crippen LogP contribution is -2.36. The van der Waals surface area contributed by atoms with Crippen molar-refractivity contribution in [3.63, 3.8) is 0 Å². The summed E-state index contributed by atoms with van der Waals surface area (Å²) in [6.07, 6.45) is -2.14. The van der Waals surface area contributed by atoms with E-state index in [1.54, 1.807) is 0 Å². The molecule has 8 nitrogen and oxygen atoms in total. The first-order valence-corrected chi connectivity index (χ1v) is 7.00. The van der Waals surface area contributed by atoms with Crippen LogP contribution in [0.5, 0.6) is 5.75 Å². The molecule has 1 N–H and O–H groups in total. The Morgan fingerprint density at radius 2 is 2.24 bits per heavy atom. The van der Waals surface area contributed by atoms with E-state index in [0.717, 1.165) is 6.07 Å². The molecule has 1 aliphatic rings. The van der Waals surface area contributed by atoms with Crippen molar-refractivity contribution in [2.75, 3.05) is 18.1 Å². The number of hydrogen-bond donors (Lipinski definition) is 1. The Morgan fingerprint density at radius 1 is 1.48 bits per heavy atom. The third-order valence-electron chi connectivity index (χ3n) is 3.71. The smallest absolute Gasteiger partial charge is 0.420 e. The number of nitro groups is 1. The van der Waals surface area contributed by atoms with Crippen LogP contribution in [0.1, 0.15) is 17.3 Å². The number of aromatic amines is 1. The monoisotopic (exact) mass is 353 g/mol. The summed E-state index contributed by atoms with van der Waals surface area (Å²) in [5, 5.41) is 20.5. The highest BCUT2D eigenvalue weighted by molar-refractivity contribution is 5.69. The number of fused-ring (bicyclic) bond motifs is 1. The van der Waals surface area contributed by atoms with Crippen molar-refractivity contribution in [1.82, 2.24) is 9.97 Å². The van der Waals surface area contributed by atoms with Crippen LogP contribution in [0, 0.1) is 21.4 Å². The highest BCUT2D eigenvalue weighted by Crippen LogP contribution is 2.47. The second-order valence-electron chi connectivity index (χ2n) is 5.18. The van der Waals surface area contributed by atoms with E-state index < -0.39 is 34.1 Å². The Kier molecular flexibility index (Phi) is 3.96. The van der Waals surface area contributed by atoms with Gasteiger partial charge in [-0.05, 0) is 0 Å². The molecule has 1 atom stereocenters. The number of nitrogens with zero attached hydrogens (tertiary/aromatic N) is 4. The summed E-state index contributed by atoms with van der Waals surface area (Å²) in [5.74, 6) is -0.524. The zero-order chi connectivity index (χ0) is 18.2. The fourth-order valence-corrected chi connectivity index (χ4v) is 2.64. The van der Waals surface area contributed by atoms with Crippen LogP contribution in [-0.4, -0.2) is 28.0 Å². The summed E-state index contributed by atoms with van der Waals surface area (Å²) < 4.78 is 45.0. The lowest BCUT2D eigenvalue weighted by molar-refractivity contribution is -0.385. The van der Waals surface area contributed by atoms with Crippen molar-refractivity contribution >= 4 is 11.4 Å². The van der Waals surface area contributed by atoms with Gasteiger partial charge in [-0.25, -0.2) is 4.98 Å². The largest absolute Gasteiger partial charge is 0.489 e. The van der Waals surface area contributed by atoms with Gasteiger partial charge in [0.15, 0.2) is 11.8 Å². The summed E-state index contributed by atoms with van der Waals surface area (Å²) in [7, 11) is 0. The Labute approximate surface area is 138 Å². The highest BCUT2D eigenvalue weighted by Gasteiger charge is 2.41. The highest BCUT2D eigenvalue weighted by atomic mass is 19.4. The third kappa shape index (κ3) is 2.93. The number of ether oxygens (including phenoxy) is 1. The number of anilines is 1. The first-order valence-electron chi connectivity index (χ1n) is 7.00. The number of hydrogen-bond acceptors (Lipinski definition) is 6. The lowest BCUT2D eigenvalue weighted by atomic mass is 10.1. The Balaban J connectivity index is 2.19. The first kappa shape index (κ1) is 16.6. The van der Waals surface area contributed by atoms with Gasteiger partial charge in [0, 0.05) is 12.1 Å². The average molecular weight is 353 g/mol. The fourth-order valence-electron chi connectivity index (χ4n) is 2.64. The van der Waals surface area contributed by atoms with E-state index in [1.165, 1.54) is 17.4 Å². The molecular formula is C14H10F3N5O3. The topological polar surface area (TPSA) is 108 Å². The van der Waals surface area contributed by atoms with E-state index in [4.69, 9.17) is 4.74 Å². The summed E-state index contributed by atoms with van der Waals surface area (Å²) in [6.45, 7) is -0.0110. The molecule has 1 aromatic heterocycles. The molecule has 0 fully saturated rings. The Bertz CT molecular complexity index is 845. The van der Waals surface area contributed by atoms with E-state index in [-0.39, 0.29) is 18.8 Å². The molecular weight excluding hydrogens is 343 g/mol. The molecule has 2 aromatic rings. The number of alkyl halides is 3. The maximum Gasteiger partial charge on any atom is 0.420 e. The molecule has 0 aliphatic carbocycles. The van der Waals surface area contributed by atoms with Crippen molar-refractivity contribution in [2.45, 2.75) is 12.2 Å². The number of rotatable bonds is 3. The SMILES string of the molecule is N#CC(c1cnc[nH]1)N1CCOc2c1cc([N+](=O)[O-])cc2C(F)(F)F. The summed E-state index contributed by atoms with van der Waals surface area (Å²) in [5.41, 5.74) is -1.78. The van der Waals surface area contributed by atoms with Crippen LogP contribution in [0.2, 0.25) is 0 Å². The van der Waals surface area contributed by atoms with E-state index in [2.05, 4.69) is 9.97 Å². The predicted octanol–water partition coefficient (Wildman–Crippen LogP) is 2.80. The number of halogens is 3. The molecule has 0 saturated heterocycles. The van der Waals surface area contributed by atoms with Gasteiger partial charge >= 0.3 is 6.18 Å². The molecule has 130 valence electrons. The molecule has 1 aromatic carbocycles. The number of nitro benzene ring substituents is 1. The summed E-state index contributed by atoms with van der Waals surface area (Å²) >= 11 is 0. The number of non-ortho nitro benzene ring substituents is 1. The van der Waals surface area contributed by atoms with Gasteiger partial charge in [-0.3, -0.25) is 10.1 Å². The van der Waals surface area contributed by atoms with Gasteiger partial charge in [0.2, 0.25) is 0 Å². The van der Waals surface area contributed by atoms with Gasteiger partial charge < -0.3 is 14.6 Å². The number of H-pyrrole nitrogens is 1. The van der Waals surface area contributed by atoms with Gasteiger partial charge in [-0.1, -0.05) is 0 Å².